The number of aromatic nitrogens is 5. The number of hydrogen-bond donors (Lipinski definition) is 1. The van der Waals surface area contributed by atoms with Gasteiger partial charge in [0.1, 0.15) is 17.0 Å². The molecular formula is C20H28N6O. The molecular weight excluding hydrogens is 340 g/mol. The van der Waals surface area contributed by atoms with Crippen LogP contribution in [0.5, 0.6) is 0 Å². The zero-order valence-corrected chi connectivity index (χ0v) is 17.0. The molecule has 0 aliphatic heterocycles. The first-order valence-electron chi connectivity index (χ1n) is 9.56. The number of rotatable bonds is 6. The summed E-state index contributed by atoms with van der Waals surface area (Å²) in [6.07, 6.45) is 4.45. The van der Waals surface area contributed by atoms with Crippen molar-refractivity contribution in [2.45, 2.75) is 53.0 Å². The minimum absolute atomic E-state index is 0.205. The van der Waals surface area contributed by atoms with Gasteiger partial charge in [-0.05, 0) is 37.8 Å². The van der Waals surface area contributed by atoms with Crippen LogP contribution < -0.4 is 10.5 Å². The molecule has 27 heavy (non-hydrogen) atoms. The summed E-state index contributed by atoms with van der Waals surface area (Å²) in [6.45, 7) is 8.26. The van der Waals surface area contributed by atoms with Crippen LogP contribution >= 0.6 is 0 Å². The van der Waals surface area contributed by atoms with Gasteiger partial charge in [-0.25, -0.2) is 14.6 Å². The Morgan fingerprint density at radius 2 is 1.93 bits per heavy atom. The molecule has 3 heterocycles. The summed E-state index contributed by atoms with van der Waals surface area (Å²) < 4.78 is 1.91. The van der Waals surface area contributed by atoms with Gasteiger partial charge in [0.05, 0.1) is 11.7 Å². The molecule has 0 saturated heterocycles. The quantitative estimate of drug-likeness (QED) is 0.720. The maximum absolute atomic E-state index is 12.9. The molecule has 144 valence electrons. The van der Waals surface area contributed by atoms with E-state index in [2.05, 4.69) is 35.8 Å². The van der Waals surface area contributed by atoms with Crippen LogP contribution in [0.4, 0.5) is 5.82 Å². The second-order valence-corrected chi connectivity index (χ2v) is 7.06. The van der Waals surface area contributed by atoms with Gasteiger partial charge >= 0.3 is 0 Å². The zero-order valence-electron chi connectivity index (χ0n) is 17.0. The minimum atomic E-state index is -0.205. The van der Waals surface area contributed by atoms with E-state index in [1.54, 1.807) is 6.20 Å². The smallest absolute Gasteiger partial charge is 0.276 e. The zero-order chi connectivity index (χ0) is 19.7. The van der Waals surface area contributed by atoms with Crippen molar-refractivity contribution in [1.82, 2.24) is 24.7 Å². The lowest BCUT2D eigenvalue weighted by Gasteiger charge is -2.15. The van der Waals surface area contributed by atoms with Crippen molar-refractivity contribution in [3.8, 4) is 11.3 Å². The molecule has 0 radical (unpaired) electrons. The third-order valence-corrected chi connectivity index (χ3v) is 5.08. The number of pyridine rings is 1. The standard InChI is InChI=1S/C20H28N6O/c1-7-13-10-16(25(5)6)21-11-15(13)18-20(27)23-19-17(22-18)12(4)24-26(19)14(8-2)9-3/h10-11,14H,7-9H2,1-6H3,(H,23,27). The van der Waals surface area contributed by atoms with Crippen molar-refractivity contribution in [2.75, 3.05) is 19.0 Å². The summed E-state index contributed by atoms with van der Waals surface area (Å²) >= 11 is 0. The molecule has 0 unspecified atom stereocenters. The van der Waals surface area contributed by atoms with E-state index in [4.69, 9.17) is 4.98 Å². The van der Waals surface area contributed by atoms with Crippen molar-refractivity contribution in [3.63, 3.8) is 0 Å². The Bertz CT molecular complexity index is 1010. The van der Waals surface area contributed by atoms with Gasteiger partial charge in [-0.2, -0.15) is 5.10 Å². The van der Waals surface area contributed by atoms with Gasteiger partial charge in [-0.15, -0.1) is 0 Å². The summed E-state index contributed by atoms with van der Waals surface area (Å²) in [5.74, 6) is 0.867. The lowest BCUT2D eigenvalue weighted by atomic mass is 10.0. The Hall–Kier alpha value is -2.70. The van der Waals surface area contributed by atoms with E-state index in [-0.39, 0.29) is 11.6 Å². The second kappa shape index (κ2) is 7.50. The van der Waals surface area contributed by atoms with Crippen LogP contribution in [0.3, 0.4) is 0 Å². The van der Waals surface area contributed by atoms with E-state index in [1.165, 1.54) is 0 Å². The molecule has 3 aromatic rings. The van der Waals surface area contributed by atoms with Gasteiger partial charge in [-0.3, -0.25) is 4.79 Å². The minimum Gasteiger partial charge on any atom is -0.363 e. The SMILES string of the molecule is CCc1cc(N(C)C)ncc1-c1nc2c(C)nn(C(CC)CC)c2[nH]c1=O. The van der Waals surface area contributed by atoms with Crippen LogP contribution in [0, 0.1) is 6.92 Å². The highest BCUT2D eigenvalue weighted by Crippen LogP contribution is 2.26. The molecule has 0 fully saturated rings. The number of H-pyrrole nitrogens is 1. The van der Waals surface area contributed by atoms with Crippen LogP contribution in [0.1, 0.15) is 50.9 Å². The van der Waals surface area contributed by atoms with Gasteiger partial charge < -0.3 is 9.88 Å². The van der Waals surface area contributed by atoms with E-state index in [0.717, 1.165) is 47.4 Å². The molecule has 0 amide bonds. The molecule has 1 N–H and O–H groups in total. The summed E-state index contributed by atoms with van der Waals surface area (Å²) in [5.41, 5.74) is 4.30. The summed E-state index contributed by atoms with van der Waals surface area (Å²) in [5, 5.41) is 4.65. The number of aromatic amines is 1. The van der Waals surface area contributed by atoms with E-state index in [9.17, 15) is 4.79 Å². The lowest BCUT2D eigenvalue weighted by Crippen LogP contribution is -2.17. The second-order valence-electron chi connectivity index (χ2n) is 7.06. The first-order valence-corrected chi connectivity index (χ1v) is 9.56. The maximum atomic E-state index is 12.9. The summed E-state index contributed by atoms with van der Waals surface area (Å²) in [4.78, 5) is 27.1. The van der Waals surface area contributed by atoms with Crippen LogP contribution in [0.15, 0.2) is 17.1 Å². The largest absolute Gasteiger partial charge is 0.363 e. The maximum Gasteiger partial charge on any atom is 0.276 e. The number of nitrogens with zero attached hydrogens (tertiary/aromatic N) is 5. The monoisotopic (exact) mass is 368 g/mol. The highest BCUT2D eigenvalue weighted by molar-refractivity contribution is 5.77. The van der Waals surface area contributed by atoms with Crippen molar-refractivity contribution < 1.29 is 0 Å². The summed E-state index contributed by atoms with van der Waals surface area (Å²) in [7, 11) is 3.91. The fourth-order valence-electron chi connectivity index (χ4n) is 3.43. The van der Waals surface area contributed by atoms with Crippen LogP contribution in [-0.4, -0.2) is 38.8 Å². The van der Waals surface area contributed by atoms with Gasteiger partial charge in [0, 0.05) is 25.9 Å². The molecule has 0 atom stereocenters. The third kappa shape index (κ3) is 3.34. The Morgan fingerprint density at radius 1 is 1.22 bits per heavy atom. The normalized spacial score (nSPS) is 11.5. The van der Waals surface area contributed by atoms with Gasteiger partial charge in [0.2, 0.25) is 0 Å². The van der Waals surface area contributed by atoms with Crippen molar-refractivity contribution in [1.29, 1.82) is 0 Å². The van der Waals surface area contributed by atoms with E-state index >= 15 is 0 Å². The number of hydrogen-bond acceptors (Lipinski definition) is 5. The molecule has 0 spiro atoms. The molecule has 0 saturated carbocycles. The van der Waals surface area contributed by atoms with Crippen molar-refractivity contribution in [3.05, 3.63) is 33.9 Å². The van der Waals surface area contributed by atoms with E-state index in [0.29, 0.717) is 11.3 Å². The van der Waals surface area contributed by atoms with Crippen LogP contribution in [-0.2, 0) is 6.42 Å². The van der Waals surface area contributed by atoms with Gasteiger partial charge in [0.25, 0.3) is 5.56 Å². The predicted octanol–water partition coefficient (Wildman–Crippen LogP) is 3.48. The fraction of sp³-hybridized carbons (Fsp3) is 0.500. The van der Waals surface area contributed by atoms with Crippen molar-refractivity contribution >= 4 is 17.0 Å². The number of aryl methyl sites for hydroxylation is 2. The molecule has 7 nitrogen and oxygen atoms in total. The number of nitrogens with one attached hydrogen (secondary N) is 1. The lowest BCUT2D eigenvalue weighted by molar-refractivity contribution is 0.436. The molecule has 7 heteroatoms. The van der Waals surface area contributed by atoms with Crippen molar-refractivity contribution in [2.24, 2.45) is 0 Å². The Morgan fingerprint density at radius 3 is 2.52 bits per heavy atom. The van der Waals surface area contributed by atoms with E-state index < -0.39 is 0 Å². The van der Waals surface area contributed by atoms with Crippen LogP contribution in [0.25, 0.3) is 22.4 Å². The molecule has 0 aliphatic carbocycles. The average Bonchev–Trinajstić information content (AvgIpc) is 2.97. The fourth-order valence-corrected chi connectivity index (χ4v) is 3.43. The van der Waals surface area contributed by atoms with E-state index in [1.807, 2.05) is 36.7 Å². The van der Waals surface area contributed by atoms with Gasteiger partial charge in [0.15, 0.2) is 5.65 Å². The number of anilines is 1. The first-order chi connectivity index (χ1) is 12.9. The Kier molecular flexibility index (Phi) is 5.30. The van der Waals surface area contributed by atoms with Gasteiger partial charge in [-0.1, -0.05) is 20.8 Å². The molecule has 0 aromatic carbocycles. The highest BCUT2D eigenvalue weighted by atomic mass is 16.1. The number of fused-ring (bicyclic) bond motifs is 1. The van der Waals surface area contributed by atoms with Crippen LogP contribution in [0.2, 0.25) is 0 Å². The molecule has 3 aromatic heterocycles. The average molecular weight is 368 g/mol. The molecule has 0 bridgehead atoms. The third-order valence-electron chi connectivity index (χ3n) is 5.08. The Balaban J connectivity index is 2.21. The topological polar surface area (TPSA) is 79.7 Å². The molecule has 3 rings (SSSR count). The molecule has 0 aliphatic rings. The predicted molar refractivity (Wildman–Crippen MR) is 109 cm³/mol. The summed E-state index contributed by atoms with van der Waals surface area (Å²) in [6, 6.07) is 2.26. The Labute approximate surface area is 159 Å². The highest BCUT2D eigenvalue weighted by Gasteiger charge is 2.19. The first kappa shape index (κ1) is 19.1.